The fourth-order valence-corrected chi connectivity index (χ4v) is 0.860. The summed E-state index contributed by atoms with van der Waals surface area (Å²) in [5.74, 6) is -0.545. The SMILES string of the molecule is Cc1cc(O)c(=O)[nH]c1C(F)F. The van der Waals surface area contributed by atoms with Gasteiger partial charge in [-0.15, -0.1) is 0 Å². The Kier molecular flexibility index (Phi) is 2.12. The van der Waals surface area contributed by atoms with E-state index in [4.69, 9.17) is 5.11 Å². The van der Waals surface area contributed by atoms with Crippen LogP contribution in [-0.2, 0) is 0 Å². The summed E-state index contributed by atoms with van der Waals surface area (Å²) in [6.45, 7) is 1.39. The fraction of sp³-hybridized carbons (Fsp3) is 0.286. The predicted octanol–water partition coefficient (Wildman–Crippen LogP) is 1.33. The van der Waals surface area contributed by atoms with E-state index in [0.29, 0.717) is 0 Å². The molecule has 1 aromatic rings. The summed E-state index contributed by atoms with van der Waals surface area (Å²) in [5, 5.41) is 8.82. The minimum atomic E-state index is -2.72. The lowest BCUT2D eigenvalue weighted by Gasteiger charge is -2.03. The Hall–Kier alpha value is -1.39. The molecule has 0 unspecified atom stereocenters. The number of aromatic amines is 1. The number of rotatable bonds is 1. The lowest BCUT2D eigenvalue weighted by molar-refractivity contribution is 0.144. The number of hydrogen-bond donors (Lipinski definition) is 2. The van der Waals surface area contributed by atoms with Crippen LogP contribution in [0.25, 0.3) is 0 Å². The third kappa shape index (κ3) is 1.44. The number of aromatic hydroxyl groups is 1. The zero-order valence-corrected chi connectivity index (χ0v) is 6.27. The fourth-order valence-electron chi connectivity index (χ4n) is 0.860. The van der Waals surface area contributed by atoms with Crippen molar-refractivity contribution in [3.05, 3.63) is 27.7 Å². The molecular formula is C7H7F2NO2. The largest absolute Gasteiger partial charge is 0.503 e. The molecule has 3 nitrogen and oxygen atoms in total. The first-order valence-corrected chi connectivity index (χ1v) is 3.23. The van der Waals surface area contributed by atoms with Gasteiger partial charge in [0.1, 0.15) is 0 Å². The Morgan fingerprint density at radius 3 is 2.67 bits per heavy atom. The Bertz CT molecular complexity index is 346. The summed E-state index contributed by atoms with van der Waals surface area (Å²) in [4.78, 5) is 12.5. The molecular weight excluding hydrogens is 168 g/mol. The zero-order valence-electron chi connectivity index (χ0n) is 6.27. The van der Waals surface area contributed by atoms with E-state index < -0.39 is 23.4 Å². The third-order valence-electron chi connectivity index (χ3n) is 1.48. The van der Waals surface area contributed by atoms with Crippen LogP contribution in [0.5, 0.6) is 5.75 Å². The highest BCUT2D eigenvalue weighted by Gasteiger charge is 2.12. The van der Waals surface area contributed by atoms with Crippen LogP contribution in [0.1, 0.15) is 17.7 Å². The topological polar surface area (TPSA) is 53.1 Å². The van der Waals surface area contributed by atoms with Crippen molar-refractivity contribution in [3.63, 3.8) is 0 Å². The van der Waals surface area contributed by atoms with E-state index in [2.05, 4.69) is 0 Å². The van der Waals surface area contributed by atoms with E-state index in [9.17, 15) is 13.6 Å². The Labute approximate surface area is 66.7 Å². The van der Waals surface area contributed by atoms with Crippen molar-refractivity contribution in [1.82, 2.24) is 4.98 Å². The molecule has 0 aliphatic rings. The molecule has 1 heterocycles. The lowest BCUT2D eigenvalue weighted by atomic mass is 10.2. The summed E-state index contributed by atoms with van der Waals surface area (Å²) in [6.07, 6.45) is -2.72. The van der Waals surface area contributed by atoms with Gasteiger partial charge in [-0.1, -0.05) is 0 Å². The predicted molar refractivity (Wildman–Crippen MR) is 38.4 cm³/mol. The van der Waals surface area contributed by atoms with Gasteiger partial charge < -0.3 is 10.1 Å². The second-order valence-electron chi connectivity index (χ2n) is 2.38. The second-order valence-corrected chi connectivity index (χ2v) is 2.38. The number of aromatic nitrogens is 1. The van der Waals surface area contributed by atoms with Gasteiger partial charge in [-0.05, 0) is 18.6 Å². The first-order valence-electron chi connectivity index (χ1n) is 3.23. The zero-order chi connectivity index (χ0) is 9.30. The van der Waals surface area contributed by atoms with Crippen LogP contribution in [-0.4, -0.2) is 10.1 Å². The van der Waals surface area contributed by atoms with E-state index >= 15 is 0 Å². The minimum Gasteiger partial charge on any atom is -0.503 e. The van der Waals surface area contributed by atoms with Gasteiger partial charge in [-0.25, -0.2) is 8.78 Å². The van der Waals surface area contributed by atoms with Crippen molar-refractivity contribution in [3.8, 4) is 5.75 Å². The number of H-pyrrole nitrogens is 1. The molecule has 0 aromatic carbocycles. The minimum absolute atomic E-state index is 0.169. The Morgan fingerprint density at radius 1 is 1.58 bits per heavy atom. The normalized spacial score (nSPS) is 10.7. The molecule has 1 rings (SSSR count). The van der Waals surface area contributed by atoms with E-state index in [1.165, 1.54) is 6.92 Å². The Morgan fingerprint density at radius 2 is 2.17 bits per heavy atom. The molecule has 5 heteroatoms. The number of pyridine rings is 1. The number of nitrogens with one attached hydrogen (secondary N) is 1. The smallest absolute Gasteiger partial charge is 0.290 e. The highest BCUT2D eigenvalue weighted by molar-refractivity contribution is 5.27. The summed E-state index contributed by atoms with van der Waals surface area (Å²) in [6, 6.07) is 1.01. The maximum Gasteiger partial charge on any atom is 0.290 e. The summed E-state index contributed by atoms with van der Waals surface area (Å²) >= 11 is 0. The van der Waals surface area contributed by atoms with Crippen LogP contribution in [0.15, 0.2) is 10.9 Å². The second kappa shape index (κ2) is 2.92. The molecule has 0 bridgehead atoms. The van der Waals surface area contributed by atoms with Crippen molar-refractivity contribution >= 4 is 0 Å². The van der Waals surface area contributed by atoms with Gasteiger partial charge in [0.15, 0.2) is 5.75 Å². The average Bonchev–Trinajstić information content (AvgIpc) is 1.96. The summed E-state index contributed by atoms with van der Waals surface area (Å²) in [5.41, 5.74) is -1.17. The molecule has 2 N–H and O–H groups in total. The molecule has 66 valence electrons. The van der Waals surface area contributed by atoms with Crippen molar-refractivity contribution in [2.75, 3.05) is 0 Å². The summed E-state index contributed by atoms with van der Waals surface area (Å²) < 4.78 is 24.2. The van der Waals surface area contributed by atoms with Crippen molar-refractivity contribution in [2.24, 2.45) is 0 Å². The molecule has 0 saturated heterocycles. The van der Waals surface area contributed by atoms with E-state index in [0.717, 1.165) is 6.07 Å². The molecule has 0 fully saturated rings. The number of alkyl halides is 2. The molecule has 12 heavy (non-hydrogen) atoms. The average molecular weight is 175 g/mol. The standard InChI is InChI=1S/C7H7F2NO2/c1-3-2-4(11)7(12)10-5(3)6(8)9/h2,6,11H,1H3,(H,10,12). The third-order valence-corrected chi connectivity index (χ3v) is 1.48. The van der Waals surface area contributed by atoms with Gasteiger partial charge in [-0.3, -0.25) is 4.79 Å². The summed E-state index contributed by atoms with van der Waals surface area (Å²) in [7, 11) is 0. The number of hydrogen-bond acceptors (Lipinski definition) is 2. The monoisotopic (exact) mass is 175 g/mol. The van der Waals surface area contributed by atoms with Crippen LogP contribution in [0.2, 0.25) is 0 Å². The quantitative estimate of drug-likeness (QED) is 0.676. The van der Waals surface area contributed by atoms with Gasteiger partial charge in [0, 0.05) is 0 Å². The van der Waals surface area contributed by atoms with Gasteiger partial charge >= 0.3 is 0 Å². The van der Waals surface area contributed by atoms with Crippen LogP contribution in [0.4, 0.5) is 8.78 Å². The van der Waals surface area contributed by atoms with Crippen LogP contribution >= 0.6 is 0 Å². The van der Waals surface area contributed by atoms with Gasteiger partial charge in [0.2, 0.25) is 0 Å². The van der Waals surface area contributed by atoms with E-state index in [1.807, 2.05) is 4.98 Å². The van der Waals surface area contributed by atoms with Crippen LogP contribution in [0, 0.1) is 6.92 Å². The molecule has 0 radical (unpaired) electrons. The molecule has 0 saturated carbocycles. The lowest BCUT2D eigenvalue weighted by Crippen LogP contribution is -2.10. The van der Waals surface area contributed by atoms with E-state index in [1.54, 1.807) is 0 Å². The molecule has 0 aliphatic heterocycles. The molecule has 0 spiro atoms. The molecule has 0 amide bonds. The highest BCUT2D eigenvalue weighted by atomic mass is 19.3. The first kappa shape index (κ1) is 8.70. The molecule has 0 atom stereocenters. The van der Waals surface area contributed by atoms with Crippen LogP contribution < -0.4 is 5.56 Å². The van der Waals surface area contributed by atoms with E-state index in [-0.39, 0.29) is 5.56 Å². The highest BCUT2D eigenvalue weighted by Crippen LogP contribution is 2.20. The maximum atomic E-state index is 12.1. The first-order chi connectivity index (χ1) is 5.52. The van der Waals surface area contributed by atoms with Gasteiger partial charge in [0.25, 0.3) is 12.0 Å². The number of aryl methyl sites for hydroxylation is 1. The van der Waals surface area contributed by atoms with Crippen molar-refractivity contribution < 1.29 is 13.9 Å². The van der Waals surface area contributed by atoms with Crippen LogP contribution in [0.3, 0.4) is 0 Å². The van der Waals surface area contributed by atoms with Gasteiger partial charge in [0.05, 0.1) is 5.69 Å². The maximum absolute atomic E-state index is 12.1. The van der Waals surface area contributed by atoms with Gasteiger partial charge in [-0.2, -0.15) is 0 Å². The molecule has 0 aliphatic carbocycles. The van der Waals surface area contributed by atoms with Crippen molar-refractivity contribution in [2.45, 2.75) is 13.3 Å². The number of halogens is 2. The van der Waals surface area contributed by atoms with Crippen molar-refractivity contribution in [1.29, 1.82) is 0 Å². The molecule has 1 aromatic heterocycles. The Balaban J connectivity index is 3.33.